The highest BCUT2D eigenvalue weighted by Crippen LogP contribution is 2.12. The minimum absolute atomic E-state index is 0.0214. The summed E-state index contributed by atoms with van der Waals surface area (Å²) in [5.74, 6) is -4.25. The SMILES string of the molecule is N#Cc1cccc(C[C@H](NC(=O)c2cccc(F)c2F)C(N)=O)c1. The van der Waals surface area contributed by atoms with E-state index in [1.807, 2.05) is 6.07 Å². The van der Waals surface area contributed by atoms with E-state index in [4.69, 9.17) is 11.0 Å². The van der Waals surface area contributed by atoms with Gasteiger partial charge in [-0.05, 0) is 29.8 Å². The number of hydrogen-bond acceptors (Lipinski definition) is 3. The van der Waals surface area contributed by atoms with Crippen LogP contribution in [-0.2, 0) is 11.2 Å². The predicted molar refractivity (Wildman–Crippen MR) is 81.7 cm³/mol. The van der Waals surface area contributed by atoms with Gasteiger partial charge in [-0.25, -0.2) is 8.78 Å². The average Bonchev–Trinajstić information content (AvgIpc) is 2.56. The largest absolute Gasteiger partial charge is 0.368 e. The van der Waals surface area contributed by atoms with Crippen molar-refractivity contribution in [2.75, 3.05) is 0 Å². The van der Waals surface area contributed by atoms with Crippen molar-refractivity contribution in [3.8, 4) is 6.07 Å². The van der Waals surface area contributed by atoms with Gasteiger partial charge < -0.3 is 11.1 Å². The number of nitrogens with one attached hydrogen (secondary N) is 1. The molecule has 2 aromatic rings. The second-order valence-electron chi connectivity index (χ2n) is 5.05. The van der Waals surface area contributed by atoms with E-state index in [2.05, 4.69) is 5.32 Å². The summed E-state index contributed by atoms with van der Waals surface area (Å²) in [5.41, 5.74) is 5.72. The Morgan fingerprint density at radius 3 is 2.58 bits per heavy atom. The fourth-order valence-electron chi connectivity index (χ4n) is 2.14. The molecule has 2 amide bonds. The number of primary amides is 1. The zero-order chi connectivity index (χ0) is 17.7. The van der Waals surface area contributed by atoms with E-state index in [9.17, 15) is 18.4 Å². The maximum atomic E-state index is 13.6. The molecule has 0 radical (unpaired) electrons. The molecule has 2 rings (SSSR count). The number of hydrogen-bond donors (Lipinski definition) is 2. The highest BCUT2D eigenvalue weighted by atomic mass is 19.2. The topological polar surface area (TPSA) is 96.0 Å². The van der Waals surface area contributed by atoms with Crippen LogP contribution in [0.2, 0.25) is 0 Å². The van der Waals surface area contributed by atoms with Gasteiger partial charge in [0.1, 0.15) is 6.04 Å². The molecule has 0 unspecified atom stereocenters. The minimum Gasteiger partial charge on any atom is -0.368 e. The van der Waals surface area contributed by atoms with Gasteiger partial charge in [0.15, 0.2) is 11.6 Å². The lowest BCUT2D eigenvalue weighted by Crippen LogP contribution is -2.46. The molecule has 3 N–H and O–H groups in total. The lowest BCUT2D eigenvalue weighted by molar-refractivity contribution is -0.119. The maximum Gasteiger partial charge on any atom is 0.255 e. The van der Waals surface area contributed by atoms with Crippen molar-refractivity contribution in [2.45, 2.75) is 12.5 Å². The lowest BCUT2D eigenvalue weighted by atomic mass is 10.0. The Kier molecular flexibility index (Phi) is 5.22. The van der Waals surface area contributed by atoms with Crippen LogP contribution < -0.4 is 11.1 Å². The van der Waals surface area contributed by atoms with Crippen LogP contribution in [0.15, 0.2) is 42.5 Å². The van der Waals surface area contributed by atoms with E-state index < -0.39 is 35.1 Å². The van der Waals surface area contributed by atoms with Crippen molar-refractivity contribution in [3.63, 3.8) is 0 Å². The van der Waals surface area contributed by atoms with Gasteiger partial charge in [0, 0.05) is 6.42 Å². The summed E-state index contributed by atoms with van der Waals surface area (Å²) in [7, 11) is 0. The molecule has 7 heteroatoms. The molecule has 5 nitrogen and oxygen atoms in total. The summed E-state index contributed by atoms with van der Waals surface area (Å²) in [6.07, 6.45) is 0.0214. The monoisotopic (exact) mass is 329 g/mol. The maximum absolute atomic E-state index is 13.6. The number of nitriles is 1. The number of amides is 2. The summed E-state index contributed by atoms with van der Waals surface area (Å²) < 4.78 is 26.8. The first kappa shape index (κ1) is 17.1. The summed E-state index contributed by atoms with van der Waals surface area (Å²) in [6.45, 7) is 0. The molecule has 1 atom stereocenters. The minimum atomic E-state index is -1.30. The standard InChI is InChI=1S/C17H13F2N3O2/c18-13-6-2-5-12(15(13)19)17(24)22-14(16(21)23)8-10-3-1-4-11(7-10)9-20/h1-7,14H,8H2,(H2,21,23)(H,22,24)/t14-/m0/s1. The summed E-state index contributed by atoms with van der Waals surface area (Å²) in [6, 6.07) is 10.4. The molecule has 0 aliphatic carbocycles. The van der Waals surface area contributed by atoms with Gasteiger partial charge in [0.05, 0.1) is 17.2 Å². The zero-order valence-electron chi connectivity index (χ0n) is 12.4. The quantitative estimate of drug-likeness (QED) is 0.873. The van der Waals surface area contributed by atoms with Crippen LogP contribution in [0, 0.1) is 23.0 Å². The molecule has 0 saturated carbocycles. The third kappa shape index (κ3) is 3.93. The van der Waals surface area contributed by atoms with E-state index in [1.165, 1.54) is 6.07 Å². The number of halogens is 2. The Morgan fingerprint density at radius 2 is 1.92 bits per heavy atom. The van der Waals surface area contributed by atoms with Gasteiger partial charge in [-0.3, -0.25) is 9.59 Å². The predicted octanol–water partition coefficient (Wildman–Crippen LogP) is 1.66. The normalized spacial score (nSPS) is 11.4. The Labute approximate surface area is 136 Å². The average molecular weight is 329 g/mol. The molecule has 0 bridgehead atoms. The van der Waals surface area contributed by atoms with Gasteiger partial charge >= 0.3 is 0 Å². The molecule has 2 aromatic carbocycles. The Hall–Kier alpha value is -3.27. The second-order valence-corrected chi connectivity index (χ2v) is 5.05. The summed E-state index contributed by atoms with van der Waals surface area (Å²) in [5, 5.41) is 11.2. The van der Waals surface area contributed by atoms with Crippen LogP contribution in [0.3, 0.4) is 0 Å². The van der Waals surface area contributed by atoms with Gasteiger partial charge in [-0.15, -0.1) is 0 Å². The first-order valence-electron chi connectivity index (χ1n) is 6.95. The number of carbonyl (C=O) groups is 2. The second kappa shape index (κ2) is 7.33. The third-order valence-corrected chi connectivity index (χ3v) is 3.34. The highest BCUT2D eigenvalue weighted by Gasteiger charge is 2.22. The zero-order valence-corrected chi connectivity index (χ0v) is 12.4. The molecule has 0 aliphatic heterocycles. The van der Waals surface area contributed by atoms with Gasteiger partial charge in [-0.2, -0.15) is 5.26 Å². The molecule has 0 saturated heterocycles. The molecule has 0 fully saturated rings. The van der Waals surface area contributed by atoms with E-state index in [0.29, 0.717) is 11.1 Å². The van der Waals surface area contributed by atoms with E-state index in [0.717, 1.165) is 12.1 Å². The van der Waals surface area contributed by atoms with Crippen molar-refractivity contribution in [3.05, 3.63) is 70.8 Å². The summed E-state index contributed by atoms with van der Waals surface area (Å²) >= 11 is 0. The third-order valence-electron chi connectivity index (χ3n) is 3.34. The van der Waals surface area contributed by atoms with Crippen LogP contribution in [0.25, 0.3) is 0 Å². The molecule has 0 spiro atoms. The number of nitrogens with zero attached hydrogens (tertiary/aromatic N) is 1. The molecule has 24 heavy (non-hydrogen) atoms. The van der Waals surface area contributed by atoms with Crippen molar-refractivity contribution in [2.24, 2.45) is 5.73 Å². The first-order valence-corrected chi connectivity index (χ1v) is 6.95. The van der Waals surface area contributed by atoms with Crippen molar-refractivity contribution < 1.29 is 18.4 Å². The van der Waals surface area contributed by atoms with Gasteiger partial charge in [0.25, 0.3) is 5.91 Å². The smallest absolute Gasteiger partial charge is 0.255 e. The Balaban J connectivity index is 2.19. The number of benzene rings is 2. The van der Waals surface area contributed by atoms with E-state index >= 15 is 0 Å². The first-order chi connectivity index (χ1) is 11.4. The molecule has 0 aliphatic rings. The molecule has 0 heterocycles. The number of rotatable bonds is 5. The Bertz CT molecular complexity index is 831. The van der Waals surface area contributed by atoms with Crippen LogP contribution in [-0.4, -0.2) is 17.9 Å². The molecule has 0 aromatic heterocycles. The van der Waals surface area contributed by atoms with E-state index in [1.54, 1.807) is 24.3 Å². The van der Waals surface area contributed by atoms with Crippen molar-refractivity contribution in [1.29, 1.82) is 5.26 Å². The van der Waals surface area contributed by atoms with Gasteiger partial charge in [0.2, 0.25) is 5.91 Å². The Morgan fingerprint density at radius 1 is 1.21 bits per heavy atom. The van der Waals surface area contributed by atoms with Gasteiger partial charge in [-0.1, -0.05) is 18.2 Å². The fraction of sp³-hybridized carbons (Fsp3) is 0.118. The van der Waals surface area contributed by atoms with Crippen molar-refractivity contribution >= 4 is 11.8 Å². The van der Waals surface area contributed by atoms with Crippen LogP contribution in [0.5, 0.6) is 0 Å². The number of nitrogens with two attached hydrogens (primary N) is 1. The van der Waals surface area contributed by atoms with Crippen LogP contribution in [0.1, 0.15) is 21.5 Å². The van der Waals surface area contributed by atoms with Crippen LogP contribution >= 0.6 is 0 Å². The van der Waals surface area contributed by atoms with Crippen molar-refractivity contribution in [1.82, 2.24) is 5.32 Å². The molecule has 122 valence electrons. The molecular formula is C17H13F2N3O2. The summed E-state index contributed by atoms with van der Waals surface area (Å²) in [4.78, 5) is 23.6. The highest BCUT2D eigenvalue weighted by molar-refractivity contribution is 5.97. The lowest BCUT2D eigenvalue weighted by Gasteiger charge is -2.16. The molecular weight excluding hydrogens is 316 g/mol. The van der Waals surface area contributed by atoms with Crippen LogP contribution in [0.4, 0.5) is 8.78 Å². The number of carbonyl (C=O) groups excluding carboxylic acids is 2. The fourth-order valence-corrected chi connectivity index (χ4v) is 2.14. The van der Waals surface area contributed by atoms with E-state index in [-0.39, 0.29) is 6.42 Å².